The number of benzene rings is 1. The second-order valence-electron chi connectivity index (χ2n) is 6.14. The largest absolute Gasteiger partial charge is 0.491 e. The summed E-state index contributed by atoms with van der Waals surface area (Å²) in [6.45, 7) is 2.00. The van der Waals surface area contributed by atoms with Gasteiger partial charge < -0.3 is 15.0 Å². The number of rotatable bonds is 2. The summed E-state index contributed by atoms with van der Waals surface area (Å²) in [7, 11) is 0. The number of ether oxygens (including phenoxy) is 1. The Kier molecular flexibility index (Phi) is 3.65. The summed E-state index contributed by atoms with van der Waals surface area (Å²) in [4.78, 5) is 14.3. The summed E-state index contributed by atoms with van der Waals surface area (Å²) >= 11 is 0. The molecule has 2 aliphatic rings. The third kappa shape index (κ3) is 2.88. The fourth-order valence-electron chi connectivity index (χ4n) is 3.33. The van der Waals surface area contributed by atoms with Crippen LogP contribution in [-0.2, 0) is 6.42 Å². The van der Waals surface area contributed by atoms with E-state index in [0.717, 1.165) is 30.7 Å². The average molecular weight is 312 g/mol. The van der Waals surface area contributed by atoms with E-state index in [4.69, 9.17) is 4.74 Å². The maximum atomic E-state index is 12.5. The van der Waals surface area contributed by atoms with Crippen molar-refractivity contribution in [2.24, 2.45) is 0 Å². The predicted octanol–water partition coefficient (Wildman–Crippen LogP) is 1.84. The number of aromatic nitrogens is 2. The van der Waals surface area contributed by atoms with Gasteiger partial charge in [-0.15, -0.1) is 0 Å². The Labute approximate surface area is 135 Å². The minimum Gasteiger partial charge on any atom is -0.491 e. The van der Waals surface area contributed by atoms with Crippen LogP contribution in [0.2, 0.25) is 0 Å². The first-order chi connectivity index (χ1) is 11.3. The first-order valence-corrected chi connectivity index (χ1v) is 8.05. The molecule has 2 aromatic rings. The Bertz CT molecular complexity index is 686. The predicted molar refractivity (Wildman–Crippen MR) is 85.4 cm³/mol. The van der Waals surface area contributed by atoms with Crippen LogP contribution in [0.1, 0.15) is 18.0 Å². The van der Waals surface area contributed by atoms with Crippen LogP contribution in [0.15, 0.2) is 42.7 Å². The van der Waals surface area contributed by atoms with Gasteiger partial charge in [0.1, 0.15) is 12.4 Å². The number of carbonyl (C=O) groups is 1. The van der Waals surface area contributed by atoms with Gasteiger partial charge in [0.2, 0.25) is 0 Å². The minimum absolute atomic E-state index is 0.00682. The Morgan fingerprint density at radius 3 is 3.09 bits per heavy atom. The summed E-state index contributed by atoms with van der Waals surface area (Å²) in [6.07, 6.45) is 5.49. The van der Waals surface area contributed by atoms with Gasteiger partial charge in [-0.2, -0.15) is 5.10 Å². The van der Waals surface area contributed by atoms with Gasteiger partial charge in [0.05, 0.1) is 12.1 Å². The molecule has 1 saturated heterocycles. The van der Waals surface area contributed by atoms with Crippen LogP contribution in [0.25, 0.3) is 0 Å². The molecule has 1 fully saturated rings. The van der Waals surface area contributed by atoms with Crippen molar-refractivity contribution in [3.8, 4) is 5.75 Å². The highest BCUT2D eigenvalue weighted by Crippen LogP contribution is 2.25. The maximum Gasteiger partial charge on any atom is 0.317 e. The van der Waals surface area contributed by atoms with Crippen LogP contribution in [0.5, 0.6) is 5.75 Å². The topological polar surface area (TPSA) is 59.4 Å². The zero-order chi connectivity index (χ0) is 15.6. The second kappa shape index (κ2) is 5.95. The monoisotopic (exact) mass is 312 g/mol. The van der Waals surface area contributed by atoms with Crippen LogP contribution < -0.4 is 10.1 Å². The number of para-hydroxylation sites is 1. The standard InChI is InChI=1S/C17H20N4O2/c22-17(20-9-6-15(11-20)21-8-3-7-18-21)19-14-10-13-4-1-2-5-16(13)23-12-14/h1-5,7-8,14-15H,6,9-12H2,(H,19,22). The molecule has 3 heterocycles. The van der Waals surface area contributed by atoms with E-state index < -0.39 is 0 Å². The number of hydrogen-bond acceptors (Lipinski definition) is 3. The Balaban J connectivity index is 1.34. The number of hydrogen-bond donors (Lipinski definition) is 1. The molecule has 0 bridgehead atoms. The molecule has 0 spiro atoms. The zero-order valence-electron chi connectivity index (χ0n) is 12.9. The molecule has 2 unspecified atom stereocenters. The van der Waals surface area contributed by atoms with Gasteiger partial charge in [-0.25, -0.2) is 4.79 Å². The van der Waals surface area contributed by atoms with E-state index >= 15 is 0 Å². The number of fused-ring (bicyclic) bond motifs is 1. The lowest BCUT2D eigenvalue weighted by Gasteiger charge is -2.28. The summed E-state index contributed by atoms with van der Waals surface area (Å²) in [6, 6.07) is 10.2. The van der Waals surface area contributed by atoms with Gasteiger partial charge in [-0.3, -0.25) is 4.68 Å². The van der Waals surface area contributed by atoms with Gasteiger partial charge in [0.15, 0.2) is 0 Å². The fourth-order valence-corrected chi connectivity index (χ4v) is 3.33. The van der Waals surface area contributed by atoms with E-state index in [9.17, 15) is 4.79 Å². The molecule has 0 aliphatic carbocycles. The third-order valence-electron chi connectivity index (χ3n) is 4.56. The normalized spacial score (nSPS) is 23.2. The molecule has 1 N–H and O–H groups in total. The lowest BCUT2D eigenvalue weighted by atomic mass is 10.0. The van der Waals surface area contributed by atoms with E-state index in [1.165, 1.54) is 0 Å². The average Bonchev–Trinajstić information content (AvgIpc) is 3.26. The molecule has 2 amide bonds. The van der Waals surface area contributed by atoms with Crippen molar-refractivity contribution in [2.45, 2.75) is 24.9 Å². The smallest absolute Gasteiger partial charge is 0.317 e. The van der Waals surface area contributed by atoms with Crippen molar-refractivity contribution >= 4 is 6.03 Å². The molecule has 4 rings (SSSR count). The van der Waals surface area contributed by atoms with Gasteiger partial charge in [0.25, 0.3) is 0 Å². The van der Waals surface area contributed by atoms with Crippen LogP contribution in [0.3, 0.4) is 0 Å². The molecule has 120 valence electrons. The van der Waals surface area contributed by atoms with E-state index in [2.05, 4.69) is 16.5 Å². The molecule has 2 atom stereocenters. The molecular formula is C17H20N4O2. The fraction of sp³-hybridized carbons (Fsp3) is 0.412. The molecule has 1 aromatic carbocycles. The molecule has 6 heteroatoms. The van der Waals surface area contributed by atoms with E-state index in [1.807, 2.05) is 40.0 Å². The van der Waals surface area contributed by atoms with Gasteiger partial charge >= 0.3 is 6.03 Å². The molecule has 6 nitrogen and oxygen atoms in total. The van der Waals surface area contributed by atoms with Crippen LogP contribution >= 0.6 is 0 Å². The highest BCUT2D eigenvalue weighted by molar-refractivity contribution is 5.75. The molecule has 0 radical (unpaired) electrons. The molecule has 1 aromatic heterocycles. The number of nitrogens with zero attached hydrogens (tertiary/aromatic N) is 3. The van der Waals surface area contributed by atoms with Crippen molar-refractivity contribution in [1.29, 1.82) is 0 Å². The van der Waals surface area contributed by atoms with E-state index in [1.54, 1.807) is 6.20 Å². The molecule has 23 heavy (non-hydrogen) atoms. The Morgan fingerprint density at radius 1 is 1.30 bits per heavy atom. The van der Waals surface area contributed by atoms with Gasteiger partial charge in [0, 0.05) is 25.5 Å². The van der Waals surface area contributed by atoms with Crippen LogP contribution in [0.4, 0.5) is 4.79 Å². The second-order valence-corrected chi connectivity index (χ2v) is 6.14. The third-order valence-corrected chi connectivity index (χ3v) is 4.56. The molecule has 0 saturated carbocycles. The number of amides is 2. The molecular weight excluding hydrogens is 292 g/mol. The van der Waals surface area contributed by atoms with Crippen LogP contribution in [0, 0.1) is 0 Å². The van der Waals surface area contributed by atoms with Crippen LogP contribution in [-0.4, -0.2) is 46.4 Å². The summed E-state index contributed by atoms with van der Waals surface area (Å²) < 4.78 is 7.67. The quantitative estimate of drug-likeness (QED) is 0.920. The first-order valence-electron chi connectivity index (χ1n) is 8.05. The highest BCUT2D eigenvalue weighted by Gasteiger charge is 2.29. The Hall–Kier alpha value is -2.50. The van der Waals surface area contributed by atoms with E-state index in [0.29, 0.717) is 13.2 Å². The summed E-state index contributed by atoms with van der Waals surface area (Å²) in [5.41, 5.74) is 1.15. The Morgan fingerprint density at radius 2 is 2.22 bits per heavy atom. The summed E-state index contributed by atoms with van der Waals surface area (Å²) in [5, 5.41) is 7.37. The SMILES string of the molecule is O=C(NC1COc2ccccc2C1)N1CCC(n2cccn2)C1. The number of nitrogens with one attached hydrogen (secondary N) is 1. The highest BCUT2D eigenvalue weighted by atomic mass is 16.5. The van der Waals surface area contributed by atoms with Crippen molar-refractivity contribution < 1.29 is 9.53 Å². The number of carbonyl (C=O) groups excluding carboxylic acids is 1. The van der Waals surface area contributed by atoms with Crippen molar-refractivity contribution in [3.63, 3.8) is 0 Å². The van der Waals surface area contributed by atoms with Crippen molar-refractivity contribution in [1.82, 2.24) is 20.0 Å². The lowest BCUT2D eigenvalue weighted by Crippen LogP contribution is -2.48. The van der Waals surface area contributed by atoms with Crippen molar-refractivity contribution in [2.75, 3.05) is 19.7 Å². The minimum atomic E-state index is -0.00682. The number of urea groups is 1. The van der Waals surface area contributed by atoms with E-state index in [-0.39, 0.29) is 18.1 Å². The first kappa shape index (κ1) is 14.1. The lowest BCUT2D eigenvalue weighted by molar-refractivity contribution is 0.188. The maximum absolute atomic E-state index is 12.5. The molecule has 2 aliphatic heterocycles. The zero-order valence-corrected chi connectivity index (χ0v) is 12.9. The number of likely N-dealkylation sites (tertiary alicyclic amines) is 1. The van der Waals surface area contributed by atoms with Gasteiger partial charge in [-0.1, -0.05) is 18.2 Å². The summed E-state index contributed by atoms with van der Waals surface area (Å²) in [5.74, 6) is 0.929. The van der Waals surface area contributed by atoms with Gasteiger partial charge in [-0.05, 0) is 30.5 Å². The van der Waals surface area contributed by atoms with Crippen molar-refractivity contribution in [3.05, 3.63) is 48.3 Å².